The lowest BCUT2D eigenvalue weighted by Crippen LogP contribution is -2.62. The zero-order valence-corrected chi connectivity index (χ0v) is 15.8. The summed E-state index contributed by atoms with van der Waals surface area (Å²) in [6.07, 6.45) is -8.56. The standard InChI is InChI=1S/C12H18Cl3NO8S/c13-12(14,15)3-22-11-8(23-10(21)4(16)1-2-25)6(18)5(17)7(24-11)9(19)20/h4-8,11,17-18,25H,1-3,16H2,(H,19,20)/t4-,5-,6-,7-,8+,11?/m0/s1. The number of rotatable bonds is 7. The van der Waals surface area contributed by atoms with Gasteiger partial charge in [-0.25, -0.2) is 4.79 Å². The monoisotopic (exact) mass is 441 g/mol. The van der Waals surface area contributed by atoms with Crippen molar-refractivity contribution < 1.29 is 39.1 Å². The van der Waals surface area contributed by atoms with Crippen LogP contribution in [0.15, 0.2) is 0 Å². The quantitative estimate of drug-likeness (QED) is 0.199. The number of ether oxygens (including phenoxy) is 3. The molecule has 1 fully saturated rings. The van der Waals surface area contributed by atoms with Crippen LogP contribution in [0.2, 0.25) is 0 Å². The van der Waals surface area contributed by atoms with E-state index in [0.29, 0.717) is 5.75 Å². The highest BCUT2D eigenvalue weighted by Gasteiger charge is 2.50. The fourth-order valence-electron chi connectivity index (χ4n) is 1.96. The van der Waals surface area contributed by atoms with Crippen LogP contribution in [0.3, 0.4) is 0 Å². The summed E-state index contributed by atoms with van der Waals surface area (Å²) >= 11 is 20.6. The SMILES string of the molecule is N[C@@H](CCS)C(=O)O[C@H]1C(OCC(Cl)(Cl)Cl)O[C@H](C(=O)O)[C@@H](O)[C@@H]1O. The molecule has 6 atom stereocenters. The molecular weight excluding hydrogens is 425 g/mol. The zero-order valence-electron chi connectivity index (χ0n) is 12.6. The summed E-state index contributed by atoms with van der Waals surface area (Å²) < 4.78 is 13.3. The Morgan fingerprint density at radius 1 is 1.28 bits per heavy atom. The summed E-state index contributed by atoms with van der Waals surface area (Å²) in [6.45, 7) is -0.561. The van der Waals surface area contributed by atoms with Crippen molar-refractivity contribution in [2.75, 3.05) is 12.4 Å². The Morgan fingerprint density at radius 3 is 2.36 bits per heavy atom. The fraction of sp³-hybridized carbons (Fsp3) is 0.833. The third-order valence-electron chi connectivity index (χ3n) is 3.20. The van der Waals surface area contributed by atoms with Crippen LogP contribution in [0.1, 0.15) is 6.42 Å². The lowest BCUT2D eigenvalue weighted by molar-refractivity contribution is -0.297. The second kappa shape index (κ2) is 9.77. The number of carbonyl (C=O) groups excluding carboxylic acids is 1. The molecule has 0 aromatic rings. The Bertz CT molecular complexity index is 480. The van der Waals surface area contributed by atoms with Gasteiger partial charge in [0.25, 0.3) is 0 Å². The maximum atomic E-state index is 11.9. The second-order valence-electron chi connectivity index (χ2n) is 5.19. The van der Waals surface area contributed by atoms with Crippen molar-refractivity contribution in [3.63, 3.8) is 0 Å². The van der Waals surface area contributed by atoms with Gasteiger partial charge in [-0.2, -0.15) is 12.6 Å². The van der Waals surface area contributed by atoms with E-state index in [2.05, 4.69) is 12.6 Å². The molecule has 5 N–H and O–H groups in total. The van der Waals surface area contributed by atoms with Crippen LogP contribution in [0.25, 0.3) is 0 Å². The van der Waals surface area contributed by atoms with E-state index in [-0.39, 0.29) is 6.42 Å². The number of hydrogen-bond acceptors (Lipinski definition) is 9. The number of aliphatic carboxylic acids is 1. The minimum Gasteiger partial charge on any atom is -0.479 e. The van der Waals surface area contributed by atoms with Gasteiger partial charge in [-0.05, 0) is 12.2 Å². The van der Waals surface area contributed by atoms with Crippen molar-refractivity contribution in [2.45, 2.75) is 47.0 Å². The molecule has 25 heavy (non-hydrogen) atoms. The topological polar surface area (TPSA) is 149 Å². The molecule has 0 aliphatic carbocycles. The lowest BCUT2D eigenvalue weighted by atomic mass is 9.98. The Kier molecular flexibility index (Phi) is 8.99. The first-order chi connectivity index (χ1) is 11.5. The molecule has 1 heterocycles. The normalized spacial score (nSPS) is 31.4. The molecule has 0 amide bonds. The molecule has 0 saturated carbocycles. The molecule has 9 nitrogen and oxygen atoms in total. The van der Waals surface area contributed by atoms with Gasteiger partial charge in [0.1, 0.15) is 18.2 Å². The van der Waals surface area contributed by atoms with Gasteiger partial charge in [0.2, 0.25) is 3.79 Å². The number of esters is 1. The van der Waals surface area contributed by atoms with Gasteiger partial charge in [-0.15, -0.1) is 0 Å². The summed E-state index contributed by atoms with van der Waals surface area (Å²) in [5, 5.41) is 29.0. The molecule has 1 aliphatic heterocycles. The van der Waals surface area contributed by atoms with E-state index >= 15 is 0 Å². The summed E-state index contributed by atoms with van der Waals surface area (Å²) in [5.41, 5.74) is 5.58. The van der Waals surface area contributed by atoms with Crippen LogP contribution in [0.5, 0.6) is 0 Å². The molecule has 0 aromatic carbocycles. The highest BCUT2D eigenvalue weighted by Crippen LogP contribution is 2.30. The van der Waals surface area contributed by atoms with Crippen molar-refractivity contribution >= 4 is 59.4 Å². The smallest absolute Gasteiger partial charge is 0.335 e. The third-order valence-corrected chi connectivity index (χ3v) is 3.78. The number of nitrogens with two attached hydrogens (primary N) is 1. The van der Waals surface area contributed by atoms with Gasteiger partial charge in [-0.3, -0.25) is 4.79 Å². The number of hydrogen-bond donors (Lipinski definition) is 5. The van der Waals surface area contributed by atoms with Crippen LogP contribution in [-0.2, 0) is 23.8 Å². The molecule has 0 aromatic heterocycles. The molecule has 0 bridgehead atoms. The fourth-order valence-corrected chi connectivity index (χ4v) is 2.42. The first kappa shape index (κ1) is 23.0. The number of carboxylic acids is 1. The predicted octanol–water partition coefficient (Wildman–Crippen LogP) is -0.537. The average molecular weight is 443 g/mol. The molecule has 1 saturated heterocycles. The van der Waals surface area contributed by atoms with E-state index in [1.807, 2.05) is 0 Å². The van der Waals surface area contributed by atoms with Crippen molar-refractivity contribution in [2.24, 2.45) is 5.73 Å². The Morgan fingerprint density at radius 2 is 1.88 bits per heavy atom. The van der Waals surface area contributed by atoms with E-state index in [4.69, 9.17) is 59.9 Å². The largest absolute Gasteiger partial charge is 0.479 e. The molecular formula is C12H18Cl3NO8S. The number of thiol groups is 1. The van der Waals surface area contributed by atoms with Crippen LogP contribution in [-0.4, -0.2) is 80.2 Å². The van der Waals surface area contributed by atoms with Crippen LogP contribution in [0.4, 0.5) is 0 Å². The van der Waals surface area contributed by atoms with Crippen molar-refractivity contribution in [3.8, 4) is 0 Å². The van der Waals surface area contributed by atoms with Crippen molar-refractivity contribution in [3.05, 3.63) is 0 Å². The van der Waals surface area contributed by atoms with Crippen molar-refractivity contribution in [1.82, 2.24) is 0 Å². The maximum absolute atomic E-state index is 11.9. The summed E-state index contributed by atoms with van der Waals surface area (Å²) in [5.74, 6) is -2.19. The van der Waals surface area contributed by atoms with Gasteiger partial charge in [0, 0.05) is 0 Å². The van der Waals surface area contributed by atoms with Gasteiger partial charge in [0.15, 0.2) is 18.5 Å². The average Bonchev–Trinajstić information content (AvgIpc) is 2.49. The van der Waals surface area contributed by atoms with E-state index in [1.165, 1.54) is 0 Å². The molecule has 1 aliphatic rings. The van der Waals surface area contributed by atoms with E-state index in [9.17, 15) is 19.8 Å². The van der Waals surface area contributed by atoms with Crippen LogP contribution in [0, 0.1) is 0 Å². The Labute approximate surface area is 163 Å². The number of carboxylic acid groups (broad SMARTS) is 1. The number of halogens is 3. The Hall–Kier alpha value is -0.0400. The Balaban J connectivity index is 2.93. The van der Waals surface area contributed by atoms with E-state index in [0.717, 1.165) is 0 Å². The van der Waals surface area contributed by atoms with Gasteiger partial charge < -0.3 is 35.3 Å². The van der Waals surface area contributed by atoms with Crippen LogP contribution >= 0.6 is 47.4 Å². The van der Waals surface area contributed by atoms with E-state index in [1.54, 1.807) is 0 Å². The summed E-state index contributed by atoms with van der Waals surface area (Å²) in [6, 6.07) is -1.05. The predicted molar refractivity (Wildman–Crippen MR) is 90.9 cm³/mol. The molecule has 1 unspecified atom stereocenters. The first-order valence-electron chi connectivity index (χ1n) is 6.97. The van der Waals surface area contributed by atoms with Gasteiger partial charge >= 0.3 is 11.9 Å². The van der Waals surface area contributed by atoms with Crippen LogP contribution < -0.4 is 5.73 Å². The highest BCUT2D eigenvalue weighted by atomic mass is 35.6. The number of aliphatic hydroxyl groups is 2. The summed E-state index contributed by atoms with van der Waals surface area (Å²) in [7, 11) is 0. The number of carbonyl (C=O) groups is 2. The lowest BCUT2D eigenvalue weighted by Gasteiger charge is -2.40. The first-order valence-corrected chi connectivity index (χ1v) is 8.74. The summed E-state index contributed by atoms with van der Waals surface area (Å²) in [4.78, 5) is 23.0. The molecule has 146 valence electrons. The molecule has 0 radical (unpaired) electrons. The second-order valence-corrected chi connectivity index (χ2v) is 8.15. The number of alkyl halides is 3. The minimum atomic E-state index is -1.89. The molecule has 1 rings (SSSR count). The third kappa shape index (κ3) is 6.89. The maximum Gasteiger partial charge on any atom is 0.335 e. The van der Waals surface area contributed by atoms with Crippen molar-refractivity contribution in [1.29, 1.82) is 0 Å². The molecule has 0 spiro atoms. The minimum absolute atomic E-state index is 0.186. The van der Waals surface area contributed by atoms with Gasteiger partial charge in [-0.1, -0.05) is 34.8 Å². The number of aliphatic hydroxyl groups excluding tert-OH is 2. The highest BCUT2D eigenvalue weighted by molar-refractivity contribution is 7.80. The molecule has 13 heteroatoms. The van der Waals surface area contributed by atoms with Gasteiger partial charge in [0.05, 0.1) is 6.61 Å². The zero-order chi connectivity index (χ0) is 19.4. The van der Waals surface area contributed by atoms with E-state index < -0.39 is 59.1 Å².